The summed E-state index contributed by atoms with van der Waals surface area (Å²) < 4.78 is 0. The first-order valence-electron chi connectivity index (χ1n) is 6.17. The summed E-state index contributed by atoms with van der Waals surface area (Å²) in [6.45, 7) is 12.6. The molecule has 0 bridgehead atoms. The molecular weight excluding hydrogens is 210 g/mol. The highest BCUT2D eigenvalue weighted by Gasteiger charge is 2.14. The van der Waals surface area contributed by atoms with Crippen molar-refractivity contribution in [2.24, 2.45) is 5.41 Å². The second-order valence-corrected chi connectivity index (χ2v) is 6.31. The number of phenols is 1. The van der Waals surface area contributed by atoms with E-state index in [1.807, 2.05) is 13.8 Å². The van der Waals surface area contributed by atoms with Crippen molar-refractivity contribution in [1.29, 1.82) is 0 Å². The molecule has 0 aliphatic rings. The maximum atomic E-state index is 9.74. The molecule has 1 rings (SSSR count). The highest BCUT2D eigenvalue weighted by atomic mass is 16.3. The monoisotopic (exact) mass is 235 g/mol. The molecule has 0 fully saturated rings. The molecule has 0 unspecified atom stereocenters. The zero-order valence-electron chi connectivity index (χ0n) is 12.0. The molecule has 1 N–H and O–H groups in total. The maximum absolute atomic E-state index is 9.74. The van der Waals surface area contributed by atoms with Crippen LogP contribution in [0.25, 0.3) is 0 Å². The van der Waals surface area contributed by atoms with E-state index >= 15 is 0 Å². The lowest BCUT2D eigenvalue weighted by atomic mass is 9.96. The van der Waals surface area contributed by atoms with Gasteiger partial charge in [-0.15, -0.1) is 0 Å². The van der Waals surface area contributed by atoms with Crippen LogP contribution in [0, 0.1) is 19.3 Å². The number of hydrogen-bond acceptors (Lipinski definition) is 2. The summed E-state index contributed by atoms with van der Waals surface area (Å²) in [6.07, 6.45) is 0. The molecule has 0 aliphatic carbocycles. The molecule has 0 heterocycles. The summed E-state index contributed by atoms with van der Waals surface area (Å²) in [5.74, 6) is 0.423. The predicted octanol–water partition coefficient (Wildman–Crippen LogP) is 3.49. The first-order valence-corrected chi connectivity index (χ1v) is 6.17. The lowest BCUT2D eigenvalue weighted by Crippen LogP contribution is -2.28. The third kappa shape index (κ3) is 4.39. The van der Waals surface area contributed by atoms with Crippen molar-refractivity contribution in [1.82, 2.24) is 4.90 Å². The van der Waals surface area contributed by atoms with Crippen LogP contribution in [-0.4, -0.2) is 23.6 Å². The van der Waals surface area contributed by atoms with Crippen LogP contribution in [0.5, 0.6) is 5.75 Å². The Morgan fingerprint density at radius 1 is 1.12 bits per heavy atom. The maximum Gasteiger partial charge on any atom is 0.121 e. The molecule has 0 saturated carbocycles. The number of aryl methyl sites for hydroxylation is 2. The third-order valence-electron chi connectivity index (χ3n) is 2.75. The van der Waals surface area contributed by atoms with E-state index < -0.39 is 0 Å². The fraction of sp³-hybridized carbons (Fsp3) is 0.600. The summed E-state index contributed by atoms with van der Waals surface area (Å²) in [7, 11) is 2.14. The van der Waals surface area contributed by atoms with Crippen LogP contribution in [-0.2, 0) is 6.54 Å². The second-order valence-electron chi connectivity index (χ2n) is 6.31. The van der Waals surface area contributed by atoms with Gasteiger partial charge in [-0.2, -0.15) is 0 Å². The van der Waals surface area contributed by atoms with Crippen molar-refractivity contribution in [2.75, 3.05) is 13.6 Å². The van der Waals surface area contributed by atoms with Crippen LogP contribution < -0.4 is 0 Å². The molecular formula is C15H25NO. The molecule has 0 spiro atoms. The molecule has 1 aromatic rings. The highest BCUT2D eigenvalue weighted by Crippen LogP contribution is 2.24. The zero-order chi connectivity index (χ0) is 13.2. The van der Waals surface area contributed by atoms with Crippen LogP contribution in [0.15, 0.2) is 12.1 Å². The minimum absolute atomic E-state index is 0.315. The molecule has 0 radical (unpaired) electrons. The number of nitrogens with zero attached hydrogens (tertiary/aromatic N) is 1. The van der Waals surface area contributed by atoms with Gasteiger partial charge in [0.05, 0.1) is 0 Å². The van der Waals surface area contributed by atoms with Gasteiger partial charge < -0.3 is 10.0 Å². The SMILES string of the molecule is Cc1cc(CN(C)CC(C)(C)C)cc(C)c1O. The van der Waals surface area contributed by atoms with Gasteiger partial charge in [0.2, 0.25) is 0 Å². The lowest BCUT2D eigenvalue weighted by molar-refractivity contribution is 0.220. The molecule has 1 aromatic carbocycles. The normalized spacial score (nSPS) is 12.2. The summed E-state index contributed by atoms with van der Waals surface area (Å²) in [5.41, 5.74) is 3.51. The van der Waals surface area contributed by atoms with Gasteiger partial charge in [0.1, 0.15) is 5.75 Å². The fourth-order valence-corrected chi connectivity index (χ4v) is 2.31. The van der Waals surface area contributed by atoms with E-state index in [0.29, 0.717) is 11.2 Å². The first-order chi connectivity index (χ1) is 7.69. The Bertz CT molecular complexity index is 367. The van der Waals surface area contributed by atoms with Crippen LogP contribution in [0.3, 0.4) is 0 Å². The van der Waals surface area contributed by atoms with Gasteiger partial charge >= 0.3 is 0 Å². The molecule has 0 amide bonds. The van der Waals surface area contributed by atoms with Crippen molar-refractivity contribution in [3.05, 3.63) is 28.8 Å². The lowest BCUT2D eigenvalue weighted by Gasteiger charge is -2.26. The summed E-state index contributed by atoms with van der Waals surface area (Å²) in [5, 5.41) is 9.74. The Labute approximate surface area is 105 Å². The molecule has 0 aliphatic heterocycles. The van der Waals surface area contributed by atoms with Crippen molar-refractivity contribution in [2.45, 2.75) is 41.2 Å². The fourth-order valence-electron chi connectivity index (χ4n) is 2.31. The zero-order valence-corrected chi connectivity index (χ0v) is 12.0. The first kappa shape index (κ1) is 14.0. The van der Waals surface area contributed by atoms with Gasteiger partial charge in [-0.3, -0.25) is 0 Å². The van der Waals surface area contributed by atoms with Gasteiger partial charge in [-0.05, 0) is 43.0 Å². The summed E-state index contributed by atoms with van der Waals surface area (Å²) >= 11 is 0. The Hall–Kier alpha value is -1.02. The van der Waals surface area contributed by atoms with Gasteiger partial charge in [0, 0.05) is 13.1 Å². The van der Waals surface area contributed by atoms with E-state index in [-0.39, 0.29) is 0 Å². The van der Waals surface area contributed by atoms with E-state index in [9.17, 15) is 5.11 Å². The number of aromatic hydroxyl groups is 1. The Morgan fingerprint density at radius 3 is 2.00 bits per heavy atom. The van der Waals surface area contributed by atoms with Gasteiger partial charge in [-0.25, -0.2) is 0 Å². The van der Waals surface area contributed by atoms with Crippen LogP contribution >= 0.6 is 0 Å². The predicted molar refractivity (Wildman–Crippen MR) is 73.4 cm³/mol. The summed E-state index contributed by atoms with van der Waals surface area (Å²) in [4.78, 5) is 2.32. The van der Waals surface area contributed by atoms with E-state index in [1.54, 1.807) is 0 Å². The molecule has 96 valence electrons. The molecule has 0 aromatic heterocycles. The molecule has 0 atom stereocenters. The molecule has 0 saturated heterocycles. The van der Waals surface area contributed by atoms with Crippen molar-refractivity contribution < 1.29 is 5.11 Å². The average Bonchev–Trinajstić information content (AvgIpc) is 2.10. The number of phenolic OH excluding ortho intramolecular Hbond substituents is 1. The molecule has 2 heteroatoms. The summed E-state index contributed by atoms with van der Waals surface area (Å²) in [6, 6.07) is 4.14. The van der Waals surface area contributed by atoms with Gasteiger partial charge in [-0.1, -0.05) is 32.9 Å². The van der Waals surface area contributed by atoms with E-state index in [4.69, 9.17) is 0 Å². The van der Waals surface area contributed by atoms with Crippen LogP contribution in [0.4, 0.5) is 0 Å². The average molecular weight is 235 g/mol. The Kier molecular flexibility index (Phi) is 4.21. The van der Waals surface area contributed by atoms with Crippen LogP contribution in [0.1, 0.15) is 37.5 Å². The number of benzene rings is 1. The van der Waals surface area contributed by atoms with Crippen molar-refractivity contribution in [3.8, 4) is 5.75 Å². The van der Waals surface area contributed by atoms with Gasteiger partial charge in [0.15, 0.2) is 0 Å². The number of hydrogen-bond donors (Lipinski definition) is 1. The van der Waals surface area contributed by atoms with Crippen molar-refractivity contribution >= 4 is 0 Å². The quantitative estimate of drug-likeness (QED) is 0.867. The molecule has 17 heavy (non-hydrogen) atoms. The van der Waals surface area contributed by atoms with E-state index in [1.165, 1.54) is 5.56 Å². The molecule has 2 nitrogen and oxygen atoms in total. The largest absolute Gasteiger partial charge is 0.507 e. The topological polar surface area (TPSA) is 23.5 Å². The van der Waals surface area contributed by atoms with E-state index in [2.05, 4.69) is 44.9 Å². The van der Waals surface area contributed by atoms with Crippen LogP contribution in [0.2, 0.25) is 0 Å². The van der Waals surface area contributed by atoms with Gasteiger partial charge in [0.25, 0.3) is 0 Å². The smallest absolute Gasteiger partial charge is 0.121 e. The Morgan fingerprint density at radius 2 is 1.59 bits per heavy atom. The highest BCUT2D eigenvalue weighted by molar-refractivity contribution is 5.42. The Balaban J connectivity index is 2.76. The van der Waals surface area contributed by atoms with E-state index in [0.717, 1.165) is 24.2 Å². The van der Waals surface area contributed by atoms with Crippen molar-refractivity contribution in [3.63, 3.8) is 0 Å². The minimum Gasteiger partial charge on any atom is -0.507 e. The number of rotatable bonds is 3. The third-order valence-corrected chi connectivity index (χ3v) is 2.75. The standard InChI is InChI=1S/C15H25NO/c1-11-7-13(8-12(2)14(11)17)9-16(6)10-15(3,4)5/h7-8,17H,9-10H2,1-6H3. The second kappa shape index (κ2) is 5.09. The minimum atomic E-state index is 0.315.